The van der Waals surface area contributed by atoms with E-state index in [9.17, 15) is 4.79 Å². The maximum absolute atomic E-state index is 11.6. The molecule has 108 valence electrons. The first-order valence-electron chi connectivity index (χ1n) is 7.10. The highest BCUT2D eigenvalue weighted by Gasteiger charge is 2.26. The summed E-state index contributed by atoms with van der Waals surface area (Å²) in [4.78, 5) is 12.8. The summed E-state index contributed by atoms with van der Waals surface area (Å²) in [6.07, 6.45) is 3.84. The number of thiophene rings is 1. The fourth-order valence-corrected chi connectivity index (χ4v) is 3.33. The van der Waals surface area contributed by atoms with Crippen LogP contribution in [0, 0.1) is 17.2 Å². The van der Waals surface area contributed by atoms with Gasteiger partial charge in [0.05, 0.1) is 18.1 Å². The van der Waals surface area contributed by atoms with E-state index in [4.69, 9.17) is 10.00 Å². The molecule has 1 aliphatic carbocycles. The lowest BCUT2D eigenvalue weighted by molar-refractivity contribution is -0.149. The Kier molecular flexibility index (Phi) is 5.57. The molecule has 1 heterocycles. The molecule has 1 aromatic heterocycles. The smallest absolute Gasteiger partial charge is 0.308 e. The van der Waals surface area contributed by atoms with Gasteiger partial charge in [-0.1, -0.05) is 0 Å². The summed E-state index contributed by atoms with van der Waals surface area (Å²) in [6, 6.07) is 4.55. The van der Waals surface area contributed by atoms with Gasteiger partial charge in [-0.15, -0.1) is 11.3 Å². The Balaban J connectivity index is 1.72. The summed E-state index contributed by atoms with van der Waals surface area (Å²) in [5.74, 6) is 0.0443. The fraction of sp³-hybridized carbons (Fsp3) is 0.600. The van der Waals surface area contributed by atoms with E-state index >= 15 is 0 Å². The van der Waals surface area contributed by atoms with Crippen LogP contribution < -0.4 is 5.32 Å². The predicted molar refractivity (Wildman–Crippen MR) is 78.3 cm³/mol. The summed E-state index contributed by atoms with van der Waals surface area (Å²) in [5.41, 5.74) is 0.734. The average Bonchev–Trinajstić information content (AvgIpc) is 2.94. The van der Waals surface area contributed by atoms with Crippen molar-refractivity contribution in [2.75, 3.05) is 6.61 Å². The summed E-state index contributed by atoms with van der Waals surface area (Å²) >= 11 is 1.62. The molecule has 0 unspecified atom stereocenters. The number of nitrogens with zero attached hydrogens (tertiary/aromatic N) is 1. The molecule has 0 bridgehead atoms. The topological polar surface area (TPSA) is 62.1 Å². The van der Waals surface area contributed by atoms with Gasteiger partial charge < -0.3 is 10.1 Å². The zero-order valence-electron chi connectivity index (χ0n) is 11.7. The third kappa shape index (κ3) is 4.06. The molecule has 4 nitrogen and oxygen atoms in total. The third-order valence-electron chi connectivity index (χ3n) is 3.69. The summed E-state index contributed by atoms with van der Waals surface area (Å²) in [7, 11) is 0. The third-order valence-corrected chi connectivity index (χ3v) is 4.63. The quantitative estimate of drug-likeness (QED) is 0.848. The van der Waals surface area contributed by atoms with Gasteiger partial charge in [-0.3, -0.25) is 4.79 Å². The number of hydrogen-bond acceptors (Lipinski definition) is 5. The molecule has 1 aromatic rings. The number of carbonyl (C=O) groups is 1. The molecule has 1 N–H and O–H groups in total. The number of rotatable bonds is 5. The van der Waals surface area contributed by atoms with E-state index in [1.54, 1.807) is 11.3 Å². The van der Waals surface area contributed by atoms with Gasteiger partial charge in [0, 0.05) is 22.8 Å². The van der Waals surface area contributed by atoms with Crippen molar-refractivity contribution in [1.82, 2.24) is 5.32 Å². The van der Waals surface area contributed by atoms with Crippen molar-refractivity contribution < 1.29 is 9.53 Å². The molecule has 1 saturated carbocycles. The van der Waals surface area contributed by atoms with Crippen LogP contribution in [0.1, 0.15) is 43.0 Å². The van der Waals surface area contributed by atoms with E-state index in [-0.39, 0.29) is 11.9 Å². The highest BCUT2D eigenvalue weighted by Crippen LogP contribution is 2.26. The number of nitriles is 1. The minimum absolute atomic E-state index is 0.0390. The molecule has 0 atom stereocenters. The molecule has 0 aliphatic heterocycles. The molecule has 1 aliphatic rings. The molecule has 5 heteroatoms. The average molecular weight is 292 g/mol. The van der Waals surface area contributed by atoms with Crippen LogP contribution in [0.3, 0.4) is 0 Å². The summed E-state index contributed by atoms with van der Waals surface area (Å²) in [5, 5.41) is 14.2. The van der Waals surface area contributed by atoms with E-state index in [0.717, 1.165) is 37.8 Å². The highest BCUT2D eigenvalue weighted by atomic mass is 32.1. The zero-order valence-corrected chi connectivity index (χ0v) is 12.5. The maximum atomic E-state index is 11.6. The Morgan fingerprint density at radius 2 is 2.25 bits per heavy atom. The van der Waals surface area contributed by atoms with E-state index in [2.05, 4.69) is 11.4 Å². The summed E-state index contributed by atoms with van der Waals surface area (Å²) < 4.78 is 5.07. The van der Waals surface area contributed by atoms with Crippen molar-refractivity contribution in [2.24, 2.45) is 5.92 Å². The Morgan fingerprint density at radius 3 is 2.85 bits per heavy atom. The van der Waals surface area contributed by atoms with Crippen molar-refractivity contribution in [3.05, 3.63) is 21.9 Å². The first-order valence-corrected chi connectivity index (χ1v) is 7.98. The van der Waals surface area contributed by atoms with Crippen LogP contribution in [0.25, 0.3) is 0 Å². The number of nitrogens with one attached hydrogen (secondary N) is 1. The highest BCUT2D eigenvalue weighted by molar-refractivity contribution is 7.10. The van der Waals surface area contributed by atoms with E-state index in [0.29, 0.717) is 12.6 Å². The molecule has 0 aromatic carbocycles. The van der Waals surface area contributed by atoms with E-state index in [1.165, 1.54) is 4.88 Å². The first-order chi connectivity index (χ1) is 9.72. The zero-order chi connectivity index (χ0) is 14.4. The van der Waals surface area contributed by atoms with Gasteiger partial charge >= 0.3 is 5.97 Å². The standard InChI is InChI=1S/C15H20N2O2S/c1-2-19-15(18)12-3-5-13(6-4-12)17-9-14-7-11(8-16)10-20-14/h7,10,12-13,17H,2-6,9H2,1H3. The van der Waals surface area contributed by atoms with Crippen LogP contribution in [0.5, 0.6) is 0 Å². The van der Waals surface area contributed by atoms with Crippen molar-refractivity contribution in [1.29, 1.82) is 5.26 Å². The van der Waals surface area contributed by atoms with Crippen molar-refractivity contribution in [3.8, 4) is 6.07 Å². The van der Waals surface area contributed by atoms with Gasteiger partial charge in [-0.2, -0.15) is 5.26 Å². The molecular formula is C15H20N2O2S. The van der Waals surface area contributed by atoms with E-state index < -0.39 is 0 Å². The Labute approximate surface area is 123 Å². The van der Waals surface area contributed by atoms with Gasteiger partial charge in [0.25, 0.3) is 0 Å². The van der Waals surface area contributed by atoms with Crippen LogP contribution in [-0.2, 0) is 16.1 Å². The van der Waals surface area contributed by atoms with Crippen molar-refractivity contribution >= 4 is 17.3 Å². The molecule has 2 rings (SSSR count). The lowest BCUT2D eigenvalue weighted by Crippen LogP contribution is -2.34. The van der Waals surface area contributed by atoms with Gasteiger partial charge in [0.1, 0.15) is 6.07 Å². The lowest BCUT2D eigenvalue weighted by Gasteiger charge is -2.27. The number of carbonyl (C=O) groups excluding carboxylic acids is 1. The monoisotopic (exact) mass is 292 g/mol. The first kappa shape index (κ1) is 15.0. The second-order valence-electron chi connectivity index (χ2n) is 5.09. The molecule has 0 radical (unpaired) electrons. The molecule has 1 fully saturated rings. The fourth-order valence-electron chi connectivity index (χ4n) is 2.57. The molecule has 0 spiro atoms. The van der Waals surface area contributed by atoms with Gasteiger partial charge in [0.2, 0.25) is 0 Å². The lowest BCUT2D eigenvalue weighted by atomic mass is 9.86. The van der Waals surface area contributed by atoms with Gasteiger partial charge in [-0.25, -0.2) is 0 Å². The normalized spacial score (nSPS) is 22.2. The minimum Gasteiger partial charge on any atom is -0.466 e. The minimum atomic E-state index is -0.0390. The van der Waals surface area contributed by atoms with Crippen LogP contribution in [0.2, 0.25) is 0 Å². The number of esters is 1. The Bertz CT molecular complexity index is 484. The van der Waals surface area contributed by atoms with Crippen LogP contribution in [0.4, 0.5) is 0 Å². The molecule has 0 saturated heterocycles. The molecular weight excluding hydrogens is 272 g/mol. The van der Waals surface area contributed by atoms with Gasteiger partial charge in [0.15, 0.2) is 0 Å². The summed E-state index contributed by atoms with van der Waals surface area (Å²) in [6.45, 7) is 3.12. The molecule has 20 heavy (non-hydrogen) atoms. The van der Waals surface area contributed by atoms with Gasteiger partial charge in [-0.05, 0) is 38.7 Å². The largest absolute Gasteiger partial charge is 0.466 e. The second-order valence-corrected chi connectivity index (χ2v) is 6.09. The van der Waals surface area contributed by atoms with Crippen LogP contribution in [0.15, 0.2) is 11.4 Å². The Hall–Kier alpha value is -1.38. The van der Waals surface area contributed by atoms with Crippen LogP contribution >= 0.6 is 11.3 Å². The molecule has 0 amide bonds. The van der Waals surface area contributed by atoms with Crippen molar-refractivity contribution in [3.63, 3.8) is 0 Å². The van der Waals surface area contributed by atoms with Crippen LogP contribution in [-0.4, -0.2) is 18.6 Å². The second kappa shape index (κ2) is 7.41. The predicted octanol–water partition coefficient (Wildman–Crippen LogP) is 2.83. The Morgan fingerprint density at radius 1 is 1.50 bits per heavy atom. The number of ether oxygens (including phenoxy) is 1. The SMILES string of the molecule is CCOC(=O)C1CCC(NCc2cc(C#N)cs2)CC1. The van der Waals surface area contributed by atoms with Crippen molar-refractivity contribution in [2.45, 2.75) is 45.2 Å². The number of hydrogen-bond donors (Lipinski definition) is 1. The van der Waals surface area contributed by atoms with E-state index in [1.807, 2.05) is 18.4 Å². The maximum Gasteiger partial charge on any atom is 0.308 e.